The molecule has 1 unspecified atom stereocenters. The third kappa shape index (κ3) is 3.37. The van der Waals surface area contributed by atoms with E-state index >= 15 is 0 Å². The maximum atomic E-state index is 10.7. The minimum atomic E-state index is -0.640. The van der Waals surface area contributed by atoms with Gasteiger partial charge in [-0.25, -0.2) is 0 Å². The molecule has 0 saturated carbocycles. The maximum Gasteiger partial charge on any atom is 0.0249 e. The Morgan fingerprint density at radius 2 is 2.00 bits per heavy atom. The molecule has 0 saturated heterocycles. The summed E-state index contributed by atoms with van der Waals surface area (Å²) in [5, 5.41) is 0. The van der Waals surface area contributed by atoms with Crippen LogP contribution in [0.25, 0.3) is 0 Å². The topological polar surface area (TPSA) is 22.0 Å². The van der Waals surface area contributed by atoms with E-state index in [0.717, 1.165) is 18.7 Å². The number of rotatable bonds is 4. The van der Waals surface area contributed by atoms with Gasteiger partial charge in [0.15, 0.2) is 0 Å². The summed E-state index contributed by atoms with van der Waals surface area (Å²) in [7, 11) is -0.640. The zero-order valence-corrected chi connectivity index (χ0v) is 7.51. The van der Waals surface area contributed by atoms with Crippen LogP contribution >= 0.6 is 0 Å². The van der Waals surface area contributed by atoms with Gasteiger partial charge in [0, 0.05) is 41.7 Å². The fraction of sp³-hybridized carbons (Fsp3) is 0.500. The molecule has 1 aromatic rings. The average Bonchev–Trinajstić information content (AvgIpc) is 2.39. The van der Waals surface area contributed by atoms with Crippen LogP contribution in [-0.4, -0.2) is 20.8 Å². The molecule has 0 bridgehead atoms. The lowest BCUT2D eigenvalue weighted by molar-refractivity contribution is 0.663. The number of hydrogen-bond acceptors (Lipinski definition) is 1. The van der Waals surface area contributed by atoms with Gasteiger partial charge in [-0.05, 0) is 18.6 Å². The van der Waals surface area contributed by atoms with Crippen molar-refractivity contribution in [1.82, 2.24) is 4.57 Å². The van der Waals surface area contributed by atoms with Gasteiger partial charge in [-0.15, -0.1) is 0 Å². The van der Waals surface area contributed by atoms with E-state index in [1.807, 2.05) is 24.5 Å². The molecule has 11 heavy (non-hydrogen) atoms. The maximum absolute atomic E-state index is 10.7. The molecular weight excluding hydrogens is 158 g/mol. The summed E-state index contributed by atoms with van der Waals surface area (Å²) >= 11 is 0. The van der Waals surface area contributed by atoms with Crippen molar-refractivity contribution in [3.63, 3.8) is 0 Å². The van der Waals surface area contributed by atoms with Crippen LogP contribution in [-0.2, 0) is 17.3 Å². The first kappa shape index (κ1) is 8.53. The van der Waals surface area contributed by atoms with Gasteiger partial charge in [-0.1, -0.05) is 0 Å². The summed E-state index contributed by atoms with van der Waals surface area (Å²) in [5.74, 6) is 0.804. The quantitative estimate of drug-likeness (QED) is 0.668. The lowest BCUT2D eigenvalue weighted by Crippen LogP contribution is -2.00. The second-order valence-corrected chi connectivity index (χ2v) is 4.11. The van der Waals surface area contributed by atoms with Gasteiger partial charge in [0.25, 0.3) is 0 Å². The minimum Gasteiger partial charge on any atom is -0.354 e. The highest BCUT2D eigenvalue weighted by Gasteiger charge is 1.91. The van der Waals surface area contributed by atoms with Crippen LogP contribution < -0.4 is 0 Å². The Bertz CT molecular complexity index is 218. The first-order valence-corrected chi connectivity index (χ1v) is 5.42. The zero-order valence-electron chi connectivity index (χ0n) is 6.69. The van der Waals surface area contributed by atoms with Crippen molar-refractivity contribution in [1.29, 1.82) is 0 Å². The Hall–Kier alpha value is -0.570. The van der Waals surface area contributed by atoms with E-state index in [1.54, 1.807) is 6.26 Å². The van der Waals surface area contributed by atoms with Crippen molar-refractivity contribution in [3.8, 4) is 0 Å². The Labute approximate surface area is 69.7 Å². The van der Waals surface area contributed by atoms with Gasteiger partial charge in [0.2, 0.25) is 0 Å². The third-order valence-electron chi connectivity index (χ3n) is 1.51. The molecule has 1 heterocycles. The van der Waals surface area contributed by atoms with Crippen LogP contribution in [0.15, 0.2) is 24.5 Å². The van der Waals surface area contributed by atoms with Gasteiger partial charge < -0.3 is 4.57 Å². The van der Waals surface area contributed by atoms with Crippen molar-refractivity contribution in [2.24, 2.45) is 0 Å². The van der Waals surface area contributed by atoms with Gasteiger partial charge in [-0.3, -0.25) is 4.21 Å². The highest BCUT2D eigenvalue weighted by atomic mass is 32.2. The standard InChI is InChI=1S/C8H13NOS/c1-11(10)8-4-7-9-5-2-3-6-9/h2-3,5-6H,4,7-8H2,1H3. The highest BCUT2D eigenvalue weighted by Crippen LogP contribution is 1.93. The van der Waals surface area contributed by atoms with Crippen LogP contribution in [0.3, 0.4) is 0 Å². The van der Waals surface area contributed by atoms with Crippen molar-refractivity contribution in [2.45, 2.75) is 13.0 Å². The lowest BCUT2D eigenvalue weighted by atomic mass is 10.5. The molecule has 0 fully saturated rings. The van der Waals surface area contributed by atoms with E-state index in [0.29, 0.717) is 0 Å². The minimum absolute atomic E-state index is 0.640. The van der Waals surface area contributed by atoms with Crippen LogP contribution in [0.4, 0.5) is 0 Å². The average molecular weight is 171 g/mol. The molecular formula is C8H13NOS. The summed E-state index contributed by atoms with van der Waals surface area (Å²) < 4.78 is 12.8. The lowest BCUT2D eigenvalue weighted by Gasteiger charge is -1.99. The molecule has 3 heteroatoms. The number of nitrogens with zero attached hydrogens (tertiary/aromatic N) is 1. The fourth-order valence-electron chi connectivity index (χ4n) is 0.970. The predicted molar refractivity (Wildman–Crippen MR) is 48.0 cm³/mol. The molecule has 0 amide bonds. The molecule has 1 atom stereocenters. The molecule has 0 radical (unpaired) electrons. The number of hydrogen-bond donors (Lipinski definition) is 0. The van der Waals surface area contributed by atoms with Crippen molar-refractivity contribution in [3.05, 3.63) is 24.5 Å². The molecule has 0 aliphatic heterocycles. The van der Waals surface area contributed by atoms with Crippen LogP contribution in [0.2, 0.25) is 0 Å². The molecule has 0 aliphatic carbocycles. The van der Waals surface area contributed by atoms with Crippen molar-refractivity contribution < 1.29 is 4.21 Å². The highest BCUT2D eigenvalue weighted by molar-refractivity contribution is 7.84. The second-order valence-electron chi connectivity index (χ2n) is 2.55. The van der Waals surface area contributed by atoms with E-state index in [-0.39, 0.29) is 0 Å². The summed E-state index contributed by atoms with van der Waals surface area (Å²) in [4.78, 5) is 0. The first-order valence-electron chi connectivity index (χ1n) is 3.70. The Kier molecular flexibility index (Phi) is 3.36. The molecule has 1 rings (SSSR count). The summed E-state index contributed by atoms with van der Waals surface area (Å²) in [6.07, 6.45) is 6.80. The Morgan fingerprint density at radius 3 is 2.55 bits per heavy atom. The fourth-order valence-corrected chi connectivity index (χ4v) is 1.51. The normalized spacial score (nSPS) is 13.2. The monoisotopic (exact) mass is 171 g/mol. The Morgan fingerprint density at radius 1 is 1.36 bits per heavy atom. The zero-order chi connectivity index (χ0) is 8.10. The van der Waals surface area contributed by atoms with E-state index in [2.05, 4.69) is 4.57 Å². The van der Waals surface area contributed by atoms with Crippen molar-refractivity contribution in [2.75, 3.05) is 12.0 Å². The molecule has 0 spiro atoms. The molecule has 0 aliphatic rings. The molecule has 0 N–H and O–H groups in total. The molecule has 1 aromatic heterocycles. The Balaban J connectivity index is 2.19. The SMILES string of the molecule is CS(=O)CCCn1cccc1. The van der Waals surface area contributed by atoms with Gasteiger partial charge in [0.1, 0.15) is 0 Å². The molecule has 2 nitrogen and oxygen atoms in total. The number of aromatic nitrogens is 1. The van der Waals surface area contributed by atoms with Crippen LogP contribution in [0.5, 0.6) is 0 Å². The largest absolute Gasteiger partial charge is 0.354 e. The van der Waals surface area contributed by atoms with Gasteiger partial charge in [-0.2, -0.15) is 0 Å². The second kappa shape index (κ2) is 4.34. The molecule has 62 valence electrons. The van der Waals surface area contributed by atoms with Crippen molar-refractivity contribution >= 4 is 10.8 Å². The first-order chi connectivity index (χ1) is 5.29. The van der Waals surface area contributed by atoms with Crippen LogP contribution in [0.1, 0.15) is 6.42 Å². The van der Waals surface area contributed by atoms with E-state index in [1.165, 1.54) is 0 Å². The molecule has 0 aromatic carbocycles. The summed E-state index contributed by atoms with van der Waals surface area (Å²) in [5.41, 5.74) is 0. The summed E-state index contributed by atoms with van der Waals surface area (Å²) in [6, 6.07) is 4.01. The summed E-state index contributed by atoms with van der Waals surface area (Å²) in [6.45, 7) is 0.979. The van der Waals surface area contributed by atoms with E-state index in [9.17, 15) is 4.21 Å². The van der Waals surface area contributed by atoms with E-state index in [4.69, 9.17) is 0 Å². The smallest absolute Gasteiger partial charge is 0.0249 e. The predicted octanol–water partition coefficient (Wildman–Crippen LogP) is 1.26. The number of aryl methyl sites for hydroxylation is 1. The van der Waals surface area contributed by atoms with Gasteiger partial charge >= 0.3 is 0 Å². The van der Waals surface area contributed by atoms with Gasteiger partial charge in [0.05, 0.1) is 0 Å². The van der Waals surface area contributed by atoms with E-state index < -0.39 is 10.8 Å². The van der Waals surface area contributed by atoms with Crippen LogP contribution in [0, 0.1) is 0 Å². The third-order valence-corrected chi connectivity index (χ3v) is 2.38.